The molecular formula is C69H63B2N2P. The molecule has 1 aromatic heterocycles. The van der Waals surface area contributed by atoms with Crippen LogP contribution in [0.15, 0.2) is 279 Å². The quantitative estimate of drug-likeness (QED) is 0.0419. The maximum atomic E-state index is 2.75. The Morgan fingerprint density at radius 2 is 0.568 bits per heavy atom. The van der Waals surface area contributed by atoms with E-state index in [4.69, 9.17) is 0 Å². The van der Waals surface area contributed by atoms with Gasteiger partial charge in [0.05, 0.1) is 15.1 Å². The number of hydrogen-bond acceptors (Lipinski definition) is 0. The van der Waals surface area contributed by atoms with Crippen molar-refractivity contribution in [1.29, 1.82) is 0 Å². The molecule has 0 saturated carbocycles. The van der Waals surface area contributed by atoms with Crippen LogP contribution in [0.1, 0.15) is 102 Å². The minimum absolute atomic E-state index is 0.0167. The van der Waals surface area contributed by atoms with Gasteiger partial charge in [0.25, 0.3) is 0 Å². The van der Waals surface area contributed by atoms with Crippen molar-refractivity contribution in [3.63, 3.8) is 0 Å². The van der Waals surface area contributed by atoms with Crippen LogP contribution in [0.5, 0.6) is 0 Å². The van der Waals surface area contributed by atoms with Crippen LogP contribution >= 0.6 is 7.68 Å². The standard InChI is InChI=1S/C69H63B2N2P/c1-49-45-59(63(51-27-11-3-12-28-51)52-29-13-4-14-30-52)67(60(46-49)64(53-31-15-5-16-32-53)54-33-17-6-18-34-54)72-43-44-73(69(72)74(70)71)68-61(65(55-35-19-7-20-36-55)56-37-21-8-22-38-56)47-50(2)48-62(68)66(57-39-23-9-24-40-57)58-41-25-10-26-42-58/h3-48,63-66,74H,1-2,70-71H3. The molecule has 0 aliphatic heterocycles. The fourth-order valence-electron chi connectivity index (χ4n) is 11.2. The Morgan fingerprint density at radius 1 is 0.338 bits per heavy atom. The number of hydrogen-bond donors (Lipinski definition) is 0. The van der Waals surface area contributed by atoms with Gasteiger partial charge in [0.1, 0.15) is 23.8 Å². The van der Waals surface area contributed by atoms with Crippen LogP contribution in [0.2, 0.25) is 0 Å². The Labute approximate surface area is 441 Å². The zero-order chi connectivity index (χ0) is 50.4. The first kappa shape index (κ1) is 48.2. The summed E-state index contributed by atoms with van der Waals surface area (Å²) in [6.07, 6.45) is 4.96. The summed E-state index contributed by atoms with van der Waals surface area (Å²) in [7, 11) is -0.895. The molecule has 0 aliphatic rings. The van der Waals surface area contributed by atoms with Crippen LogP contribution in [-0.2, 0) is 0 Å². The number of aryl methyl sites for hydroxylation is 2. The Kier molecular flexibility index (Phi) is 14.3. The minimum atomic E-state index is -0.796. The summed E-state index contributed by atoms with van der Waals surface area (Å²) in [5.41, 5.74) is 22.4. The minimum Gasteiger partial charge on any atom is -0.224 e. The molecule has 0 amide bonds. The Morgan fingerprint density at radius 3 is 0.811 bits per heavy atom. The predicted octanol–water partition coefficient (Wildman–Crippen LogP) is 13.5. The van der Waals surface area contributed by atoms with Crippen molar-refractivity contribution < 1.29 is 4.57 Å². The molecule has 2 nitrogen and oxygen atoms in total. The molecule has 10 aromatic carbocycles. The predicted molar refractivity (Wildman–Crippen MR) is 320 cm³/mol. The van der Waals surface area contributed by atoms with Crippen molar-refractivity contribution in [1.82, 2.24) is 4.57 Å². The fourth-order valence-corrected chi connectivity index (χ4v) is 11.6. The van der Waals surface area contributed by atoms with Gasteiger partial charge in [-0.2, -0.15) is 9.13 Å². The molecule has 0 bridgehead atoms. The van der Waals surface area contributed by atoms with Gasteiger partial charge in [0.15, 0.2) is 0 Å². The highest BCUT2D eigenvalue weighted by molar-refractivity contribution is 8.05. The van der Waals surface area contributed by atoms with Crippen molar-refractivity contribution in [2.45, 2.75) is 37.5 Å². The second-order valence-corrected chi connectivity index (χ2v) is 19.4. The zero-order valence-electron chi connectivity index (χ0n) is 40.8. The molecule has 11 aromatic rings. The maximum Gasteiger partial charge on any atom is 0.314 e. The van der Waals surface area contributed by atoms with Crippen molar-refractivity contribution in [3.8, 4) is 11.4 Å². The van der Waals surface area contributed by atoms with Gasteiger partial charge in [-0.25, -0.2) is 7.68 Å². The highest BCUT2D eigenvalue weighted by Gasteiger charge is 2.37. The van der Waals surface area contributed by atoms with E-state index in [1.807, 2.05) is 0 Å². The molecule has 11 rings (SSSR count). The molecule has 360 valence electrons. The fraction of sp³-hybridized carbons (Fsp3) is 0.0870. The van der Waals surface area contributed by atoms with E-state index in [0.29, 0.717) is 0 Å². The van der Waals surface area contributed by atoms with Crippen LogP contribution in [0.4, 0.5) is 0 Å². The second-order valence-electron chi connectivity index (χ2n) is 19.0. The van der Waals surface area contributed by atoms with E-state index in [2.05, 4.69) is 302 Å². The number of nitrogens with zero attached hydrogens (tertiary/aromatic N) is 2. The van der Waals surface area contributed by atoms with Gasteiger partial charge < -0.3 is 0 Å². The summed E-state index contributed by atoms with van der Waals surface area (Å²) in [6, 6.07) is 100. The molecule has 0 saturated heterocycles. The highest BCUT2D eigenvalue weighted by Crippen LogP contribution is 2.46. The summed E-state index contributed by atoms with van der Waals surface area (Å²) in [5.74, 6) is -0.0667. The molecule has 0 atom stereocenters. The van der Waals surface area contributed by atoms with Gasteiger partial charge >= 0.3 is 5.57 Å². The first-order chi connectivity index (χ1) is 36.4. The van der Waals surface area contributed by atoms with Crippen molar-refractivity contribution >= 4 is 28.4 Å². The van der Waals surface area contributed by atoms with E-state index in [9.17, 15) is 0 Å². The summed E-state index contributed by atoms with van der Waals surface area (Å²) in [4.78, 5) is 0. The average molecular weight is 973 g/mol. The van der Waals surface area contributed by atoms with Crippen molar-refractivity contribution in [2.24, 2.45) is 0 Å². The molecular weight excluding hydrogens is 909 g/mol. The van der Waals surface area contributed by atoms with Gasteiger partial charge in [-0.1, -0.05) is 278 Å². The first-order valence-corrected chi connectivity index (χ1v) is 25.6. The Balaban J connectivity index is 1.29. The van der Waals surface area contributed by atoms with E-state index < -0.39 is 7.68 Å². The van der Waals surface area contributed by atoms with Crippen molar-refractivity contribution in [3.05, 3.63) is 357 Å². The third kappa shape index (κ3) is 9.79. The molecule has 0 N–H and O–H groups in total. The summed E-state index contributed by atoms with van der Waals surface area (Å²) >= 11 is 0. The van der Waals surface area contributed by atoms with Crippen molar-refractivity contribution in [2.75, 3.05) is 0 Å². The first-order valence-electron chi connectivity index (χ1n) is 25.1. The van der Waals surface area contributed by atoms with E-state index in [1.54, 1.807) is 0 Å². The SMILES string of the molecule is [BH3-][PH+]([BH3-])c1n(-c2c(C(c3ccccc3)c3ccccc3)cc(C)cc2C(c2ccccc2)c2ccccc2)cc[n+]1-c1c(C(c2ccccc2)c2ccccc2)cc(C)cc1C(c1ccccc1)c1ccccc1. The largest absolute Gasteiger partial charge is 0.314 e. The number of aromatic nitrogens is 2. The van der Waals surface area contributed by atoms with Gasteiger partial charge in [-0.15, -0.1) is 0 Å². The zero-order valence-corrected chi connectivity index (χ0v) is 41.8. The van der Waals surface area contributed by atoms with Gasteiger partial charge in [-0.05, 0) is 58.4 Å². The molecule has 0 unspecified atom stereocenters. The number of imidazole rings is 1. The van der Waals surface area contributed by atoms with Crippen LogP contribution in [0, 0.1) is 13.8 Å². The lowest BCUT2D eigenvalue weighted by atomic mass is 9.78. The molecule has 0 fully saturated rings. The Bertz CT molecular complexity index is 2990. The molecule has 5 heteroatoms. The lowest BCUT2D eigenvalue weighted by Gasteiger charge is -2.28. The van der Waals surface area contributed by atoms with Crippen LogP contribution in [0.25, 0.3) is 11.4 Å². The lowest BCUT2D eigenvalue weighted by Crippen LogP contribution is -2.48. The van der Waals surface area contributed by atoms with Crippen LogP contribution < -0.4 is 10.1 Å². The van der Waals surface area contributed by atoms with Gasteiger partial charge in [-0.3, -0.25) is 0 Å². The summed E-state index contributed by atoms with van der Waals surface area (Å²) in [6.45, 7) is 4.62. The van der Waals surface area contributed by atoms with Gasteiger partial charge in [0.2, 0.25) is 0 Å². The molecule has 1 heterocycles. The lowest BCUT2D eigenvalue weighted by molar-refractivity contribution is -0.575. The number of rotatable bonds is 15. The second kappa shape index (κ2) is 22.0. The van der Waals surface area contributed by atoms with Gasteiger partial charge in [0, 0.05) is 45.9 Å². The van der Waals surface area contributed by atoms with Crippen LogP contribution in [-0.4, -0.2) is 19.7 Å². The van der Waals surface area contributed by atoms with E-state index in [-0.39, 0.29) is 38.8 Å². The molecule has 74 heavy (non-hydrogen) atoms. The van der Waals surface area contributed by atoms with E-state index in [1.165, 1.54) is 94.8 Å². The molecule has 0 radical (unpaired) electrons. The molecule has 0 aliphatic carbocycles. The Hall–Kier alpha value is -8.03. The normalized spacial score (nSPS) is 11.6. The smallest absolute Gasteiger partial charge is 0.224 e. The van der Waals surface area contributed by atoms with E-state index >= 15 is 0 Å². The average Bonchev–Trinajstić information content (AvgIpc) is 3.88. The number of benzene rings is 10. The highest BCUT2D eigenvalue weighted by atomic mass is 31.1. The topological polar surface area (TPSA) is 8.81 Å². The summed E-state index contributed by atoms with van der Waals surface area (Å²) < 4.78 is 5.51. The third-order valence-electron chi connectivity index (χ3n) is 14.2. The monoisotopic (exact) mass is 972 g/mol. The van der Waals surface area contributed by atoms with Crippen LogP contribution in [0.3, 0.4) is 0 Å². The summed E-state index contributed by atoms with van der Waals surface area (Å²) in [5, 5.41) is 0. The third-order valence-corrected chi connectivity index (χ3v) is 14.7. The van der Waals surface area contributed by atoms with E-state index in [0.717, 1.165) is 0 Å². The maximum absolute atomic E-state index is 2.75. The molecule has 0 spiro atoms.